The molecule has 0 spiro atoms. The van der Waals surface area contributed by atoms with Crippen LogP contribution in [0, 0.1) is 5.92 Å². The zero-order valence-electron chi connectivity index (χ0n) is 24.4. The molecule has 2 atom stereocenters. The minimum Gasteiger partial charge on any atom is -0.392 e. The molecule has 2 unspecified atom stereocenters. The highest BCUT2D eigenvalue weighted by Gasteiger charge is 2.35. The van der Waals surface area contributed by atoms with E-state index in [1.807, 2.05) is 19.1 Å². The van der Waals surface area contributed by atoms with Crippen LogP contribution in [0.3, 0.4) is 0 Å². The van der Waals surface area contributed by atoms with Gasteiger partial charge in [-0.1, -0.05) is 42.3 Å². The fraction of sp³-hybridized carbons (Fsp3) is 0.250. The zero-order chi connectivity index (χ0) is 32.6. The topological polar surface area (TPSA) is 128 Å². The molecule has 2 N–H and O–H groups in total. The third-order valence-electron chi connectivity index (χ3n) is 7.96. The number of nitrogens with zero attached hydrogens (tertiary/aromatic N) is 6. The molecule has 1 aliphatic rings. The molecular formula is C32H27ClF3N7O3. The summed E-state index contributed by atoms with van der Waals surface area (Å²) in [5.74, 6) is -0.483. The number of hydrogen-bond donors (Lipinski definition) is 2. The lowest BCUT2D eigenvalue weighted by molar-refractivity contribution is -0.141. The lowest BCUT2D eigenvalue weighted by Gasteiger charge is -2.23. The number of amides is 1. The summed E-state index contributed by atoms with van der Waals surface area (Å²) in [7, 11) is 0. The summed E-state index contributed by atoms with van der Waals surface area (Å²) in [5.41, 5.74) is 2.39. The highest BCUT2D eigenvalue weighted by Crippen LogP contribution is 2.34. The van der Waals surface area contributed by atoms with Crippen LogP contribution in [0.2, 0.25) is 5.02 Å². The first-order chi connectivity index (χ1) is 22.0. The van der Waals surface area contributed by atoms with Crippen molar-refractivity contribution in [3.05, 3.63) is 106 Å². The van der Waals surface area contributed by atoms with Gasteiger partial charge in [-0.15, -0.1) is 5.10 Å². The van der Waals surface area contributed by atoms with Crippen molar-refractivity contribution in [2.24, 2.45) is 5.92 Å². The van der Waals surface area contributed by atoms with Gasteiger partial charge in [0.1, 0.15) is 0 Å². The summed E-state index contributed by atoms with van der Waals surface area (Å²) in [4.78, 5) is 35.9. The van der Waals surface area contributed by atoms with E-state index in [-0.39, 0.29) is 40.4 Å². The monoisotopic (exact) mass is 649 g/mol. The van der Waals surface area contributed by atoms with Gasteiger partial charge < -0.3 is 10.4 Å². The van der Waals surface area contributed by atoms with Crippen molar-refractivity contribution in [3.8, 4) is 28.1 Å². The molecule has 0 saturated carbocycles. The van der Waals surface area contributed by atoms with Crippen LogP contribution in [0.4, 0.5) is 18.9 Å². The number of aromatic nitrogens is 6. The van der Waals surface area contributed by atoms with Crippen LogP contribution < -0.4 is 10.9 Å². The van der Waals surface area contributed by atoms with Crippen molar-refractivity contribution in [1.29, 1.82) is 0 Å². The standard InChI is InChI=1S/C32H27ClF3N7O3/c1-18-3-2-4-28(26-12-20(9-10-37-26)22-7-5-19(16-44)11-25(22)39-31(18)46)42-17-38-24(14-30(42)45)23-13-21(33)6-8-27(23)43-15-29(40-41-43)32(34,35)36/h5-15,17-18,28,44H,2-4,16H2,1H3,(H,39,46). The van der Waals surface area contributed by atoms with Crippen molar-refractivity contribution >= 4 is 23.2 Å². The number of pyridine rings is 1. The second-order valence-electron chi connectivity index (χ2n) is 11.1. The fourth-order valence-electron chi connectivity index (χ4n) is 5.49. The van der Waals surface area contributed by atoms with Gasteiger partial charge >= 0.3 is 6.18 Å². The molecule has 5 aromatic rings. The van der Waals surface area contributed by atoms with E-state index in [1.165, 1.54) is 35.2 Å². The average Bonchev–Trinajstić information content (AvgIpc) is 3.54. The summed E-state index contributed by atoms with van der Waals surface area (Å²) in [6.45, 7) is 1.65. The van der Waals surface area contributed by atoms with Crippen molar-refractivity contribution in [3.63, 3.8) is 0 Å². The van der Waals surface area contributed by atoms with E-state index in [0.717, 1.165) is 22.0 Å². The predicted molar refractivity (Wildman–Crippen MR) is 164 cm³/mol. The average molecular weight is 650 g/mol. The third kappa shape index (κ3) is 6.28. The highest BCUT2D eigenvalue weighted by atomic mass is 35.5. The number of benzene rings is 2. The molecule has 0 fully saturated rings. The van der Waals surface area contributed by atoms with Crippen LogP contribution in [0.15, 0.2) is 78.1 Å². The Labute approximate surface area is 265 Å². The van der Waals surface area contributed by atoms with E-state index >= 15 is 0 Å². The van der Waals surface area contributed by atoms with Gasteiger partial charge in [0, 0.05) is 40.0 Å². The SMILES string of the molecule is CC1CCCC(n2cnc(-c3cc(Cl)ccc3-n3cc(C(F)(F)F)nn3)cc2=O)c2cc(ccn2)-c2ccc(CO)cc2NC1=O. The maximum atomic E-state index is 13.7. The number of rotatable bonds is 4. The molecule has 2 bridgehead atoms. The van der Waals surface area contributed by atoms with Gasteiger partial charge in [0.2, 0.25) is 5.91 Å². The van der Waals surface area contributed by atoms with Crippen LogP contribution in [0.25, 0.3) is 28.1 Å². The number of carbonyl (C=O) groups excluding carboxylic acids is 1. The van der Waals surface area contributed by atoms with E-state index in [2.05, 4.69) is 25.6 Å². The molecule has 236 valence electrons. The van der Waals surface area contributed by atoms with Gasteiger partial charge in [-0.25, -0.2) is 9.67 Å². The molecular weight excluding hydrogens is 623 g/mol. The Morgan fingerprint density at radius 3 is 2.59 bits per heavy atom. The number of halogens is 4. The van der Waals surface area contributed by atoms with Gasteiger partial charge in [-0.3, -0.25) is 19.1 Å². The van der Waals surface area contributed by atoms with Gasteiger partial charge in [-0.2, -0.15) is 13.2 Å². The normalized spacial score (nSPS) is 17.0. The second-order valence-corrected chi connectivity index (χ2v) is 11.5. The first-order valence-corrected chi connectivity index (χ1v) is 14.8. The van der Waals surface area contributed by atoms with E-state index in [4.69, 9.17) is 11.6 Å². The number of aliphatic hydroxyl groups is 1. The quantitative estimate of drug-likeness (QED) is 0.242. The van der Waals surface area contributed by atoms with Crippen molar-refractivity contribution < 1.29 is 23.1 Å². The largest absolute Gasteiger partial charge is 0.436 e. The molecule has 14 heteroatoms. The van der Waals surface area contributed by atoms with Crippen molar-refractivity contribution in [2.45, 2.75) is 45.0 Å². The minimum absolute atomic E-state index is 0.155. The summed E-state index contributed by atoms with van der Waals surface area (Å²) in [6.07, 6.45) is 0.697. The van der Waals surface area contributed by atoms with E-state index < -0.39 is 23.5 Å². The van der Waals surface area contributed by atoms with E-state index in [9.17, 15) is 27.9 Å². The van der Waals surface area contributed by atoms with E-state index in [1.54, 1.807) is 24.4 Å². The lowest BCUT2D eigenvalue weighted by atomic mass is 9.95. The van der Waals surface area contributed by atoms with Crippen LogP contribution in [-0.2, 0) is 17.6 Å². The summed E-state index contributed by atoms with van der Waals surface area (Å²) in [6, 6.07) is 14.2. The Kier molecular flexibility index (Phi) is 8.45. The number of alkyl halides is 3. The van der Waals surface area contributed by atoms with Crippen LogP contribution in [-0.4, -0.2) is 40.5 Å². The third-order valence-corrected chi connectivity index (χ3v) is 8.19. The summed E-state index contributed by atoms with van der Waals surface area (Å²) < 4.78 is 42.1. The molecule has 0 radical (unpaired) electrons. The molecule has 10 nitrogen and oxygen atoms in total. The summed E-state index contributed by atoms with van der Waals surface area (Å²) >= 11 is 6.24. The maximum absolute atomic E-state index is 13.7. The Balaban J connectivity index is 1.42. The van der Waals surface area contributed by atoms with Gasteiger partial charge in [0.05, 0.1) is 42.2 Å². The number of carbonyl (C=O) groups is 1. The Bertz CT molecular complexity index is 1990. The Hall–Kier alpha value is -4.88. The van der Waals surface area contributed by atoms with Crippen molar-refractivity contribution in [1.82, 2.24) is 29.5 Å². The lowest BCUT2D eigenvalue weighted by Crippen LogP contribution is -2.27. The smallest absolute Gasteiger partial charge is 0.392 e. The summed E-state index contributed by atoms with van der Waals surface area (Å²) in [5, 5.41) is 19.8. The van der Waals surface area contributed by atoms with Gasteiger partial charge in [-0.05, 0) is 60.4 Å². The molecule has 3 aromatic heterocycles. The zero-order valence-corrected chi connectivity index (χ0v) is 25.1. The number of nitrogens with one attached hydrogen (secondary N) is 1. The first-order valence-electron chi connectivity index (χ1n) is 14.4. The number of hydrogen-bond acceptors (Lipinski definition) is 7. The number of aliphatic hydroxyl groups excluding tert-OH is 1. The van der Waals surface area contributed by atoms with E-state index in [0.29, 0.717) is 36.2 Å². The fourth-order valence-corrected chi connectivity index (χ4v) is 5.67. The van der Waals surface area contributed by atoms with Crippen LogP contribution in [0.5, 0.6) is 0 Å². The molecule has 0 saturated heterocycles. The first kappa shape index (κ1) is 31.1. The molecule has 1 aliphatic heterocycles. The van der Waals surface area contributed by atoms with Gasteiger partial charge in [0.25, 0.3) is 5.56 Å². The van der Waals surface area contributed by atoms with Gasteiger partial charge in [0.15, 0.2) is 5.69 Å². The predicted octanol–water partition coefficient (Wildman–Crippen LogP) is 6.07. The van der Waals surface area contributed by atoms with Crippen molar-refractivity contribution in [2.75, 3.05) is 5.32 Å². The Morgan fingerprint density at radius 2 is 1.85 bits per heavy atom. The van der Waals surface area contributed by atoms with Crippen LogP contribution >= 0.6 is 11.6 Å². The maximum Gasteiger partial charge on any atom is 0.436 e. The molecule has 4 heterocycles. The van der Waals surface area contributed by atoms with Crippen LogP contribution in [0.1, 0.15) is 49.2 Å². The minimum atomic E-state index is -4.69. The molecule has 0 aliphatic carbocycles. The number of anilines is 1. The molecule has 2 aromatic carbocycles. The molecule has 6 rings (SSSR count). The highest BCUT2D eigenvalue weighted by molar-refractivity contribution is 6.31. The second kappa shape index (κ2) is 12.5. The Morgan fingerprint density at radius 1 is 1.02 bits per heavy atom. The molecule has 46 heavy (non-hydrogen) atoms. The number of fused-ring (bicyclic) bond motifs is 4. The molecule has 1 amide bonds.